The van der Waals surface area contributed by atoms with Gasteiger partial charge in [0.1, 0.15) is 0 Å². The van der Waals surface area contributed by atoms with Gasteiger partial charge in [-0.15, -0.1) is 0 Å². The highest BCUT2D eigenvalue weighted by atomic mass is 79.9. The first-order valence-corrected chi connectivity index (χ1v) is 13.7. The van der Waals surface area contributed by atoms with Gasteiger partial charge in [0.05, 0.1) is 0 Å². The average molecular weight is 466 g/mol. The number of alkyl halides is 1. The highest BCUT2D eigenvalue weighted by Crippen LogP contribution is 2.36. The number of halogens is 1. The van der Waals surface area contributed by atoms with Gasteiger partial charge in [-0.3, -0.25) is 0 Å². The van der Waals surface area contributed by atoms with Crippen molar-refractivity contribution in [1.29, 1.82) is 0 Å². The minimum atomic E-state index is 0.124. The molecule has 0 fully saturated rings. The standard InChI is InChI=1S/C28H49Br/c1-4-6-7-8-9-10-11-12-13-14-15-16-17-18-19-20-23-26-24-21-22-25-27(26)28(3,29)5-2/h21-22,24-25H,4-20,23H2,1-3H3. The lowest BCUT2D eigenvalue weighted by Gasteiger charge is -2.24. The average Bonchev–Trinajstić information content (AvgIpc) is 2.73. The summed E-state index contributed by atoms with van der Waals surface area (Å²) < 4.78 is 0.124. The predicted molar refractivity (Wildman–Crippen MR) is 136 cm³/mol. The van der Waals surface area contributed by atoms with Crippen molar-refractivity contribution in [3.8, 4) is 0 Å². The summed E-state index contributed by atoms with van der Waals surface area (Å²) in [5, 5.41) is 0. The molecule has 0 heterocycles. The second kappa shape index (κ2) is 17.4. The van der Waals surface area contributed by atoms with E-state index in [2.05, 4.69) is 61.0 Å². The van der Waals surface area contributed by atoms with Crippen molar-refractivity contribution in [3.63, 3.8) is 0 Å². The minimum absolute atomic E-state index is 0.124. The van der Waals surface area contributed by atoms with Crippen molar-refractivity contribution in [1.82, 2.24) is 0 Å². The molecular weight excluding hydrogens is 416 g/mol. The van der Waals surface area contributed by atoms with E-state index >= 15 is 0 Å². The SMILES string of the molecule is CCCCCCCCCCCCCCCCCCc1ccccc1C(C)(Br)CC. The lowest BCUT2D eigenvalue weighted by molar-refractivity contribution is 0.529. The van der Waals surface area contributed by atoms with Crippen molar-refractivity contribution in [2.45, 2.75) is 141 Å². The second-order valence-corrected chi connectivity index (χ2v) is 11.0. The van der Waals surface area contributed by atoms with Crippen LogP contribution in [-0.4, -0.2) is 0 Å². The molecule has 1 unspecified atom stereocenters. The maximum absolute atomic E-state index is 3.93. The Morgan fingerprint density at radius 3 is 1.48 bits per heavy atom. The molecule has 168 valence electrons. The van der Waals surface area contributed by atoms with Crippen molar-refractivity contribution in [2.75, 3.05) is 0 Å². The summed E-state index contributed by atoms with van der Waals surface area (Å²) in [4.78, 5) is 0. The molecule has 0 bridgehead atoms. The van der Waals surface area contributed by atoms with E-state index in [1.54, 1.807) is 5.56 Å². The Morgan fingerprint density at radius 2 is 1.03 bits per heavy atom. The highest BCUT2D eigenvalue weighted by Gasteiger charge is 2.22. The molecule has 0 nitrogen and oxygen atoms in total. The number of unbranched alkanes of at least 4 members (excludes halogenated alkanes) is 15. The van der Waals surface area contributed by atoms with Crippen LogP contribution >= 0.6 is 15.9 Å². The summed E-state index contributed by atoms with van der Waals surface area (Å²) in [5.41, 5.74) is 3.03. The molecule has 0 aliphatic heterocycles. The van der Waals surface area contributed by atoms with Crippen LogP contribution in [-0.2, 0) is 10.7 Å². The molecule has 0 saturated carbocycles. The van der Waals surface area contributed by atoms with Crippen molar-refractivity contribution >= 4 is 15.9 Å². The van der Waals surface area contributed by atoms with Crippen LogP contribution in [0.25, 0.3) is 0 Å². The van der Waals surface area contributed by atoms with E-state index < -0.39 is 0 Å². The Balaban J connectivity index is 1.95. The predicted octanol–water partition coefficient (Wildman–Crippen LogP) is 10.5. The molecule has 1 atom stereocenters. The molecular formula is C28H49Br. The fraction of sp³-hybridized carbons (Fsp3) is 0.786. The van der Waals surface area contributed by atoms with E-state index in [-0.39, 0.29) is 4.32 Å². The first kappa shape index (κ1) is 26.7. The third-order valence-corrected chi connectivity index (χ3v) is 7.53. The van der Waals surface area contributed by atoms with Crippen LogP contribution in [0.2, 0.25) is 0 Å². The normalized spacial score (nSPS) is 13.5. The number of hydrogen-bond acceptors (Lipinski definition) is 0. The molecule has 0 aliphatic rings. The molecule has 1 aromatic carbocycles. The van der Waals surface area contributed by atoms with Crippen molar-refractivity contribution < 1.29 is 0 Å². The molecule has 1 rings (SSSR count). The maximum atomic E-state index is 3.93. The monoisotopic (exact) mass is 464 g/mol. The van der Waals surface area contributed by atoms with Crippen LogP contribution < -0.4 is 0 Å². The molecule has 1 aromatic rings. The maximum Gasteiger partial charge on any atom is 0.0478 e. The van der Waals surface area contributed by atoms with Gasteiger partial charge in [0.15, 0.2) is 0 Å². The molecule has 29 heavy (non-hydrogen) atoms. The topological polar surface area (TPSA) is 0 Å². The second-order valence-electron chi connectivity index (χ2n) is 9.26. The summed E-state index contributed by atoms with van der Waals surface area (Å²) in [6.45, 7) is 6.87. The van der Waals surface area contributed by atoms with E-state index in [1.165, 1.54) is 115 Å². The lowest BCUT2D eigenvalue weighted by atomic mass is 9.91. The van der Waals surface area contributed by atoms with Crippen LogP contribution in [0, 0.1) is 0 Å². The van der Waals surface area contributed by atoms with Gasteiger partial charge in [-0.25, -0.2) is 0 Å². The van der Waals surface area contributed by atoms with Crippen LogP contribution in [0.15, 0.2) is 24.3 Å². The Hall–Kier alpha value is -0.300. The van der Waals surface area contributed by atoms with Gasteiger partial charge in [0.25, 0.3) is 0 Å². The fourth-order valence-electron chi connectivity index (χ4n) is 4.30. The Bertz CT molecular complexity index is 491. The number of hydrogen-bond donors (Lipinski definition) is 0. The molecule has 1 heteroatoms. The van der Waals surface area contributed by atoms with Crippen LogP contribution in [0.1, 0.15) is 141 Å². The van der Waals surface area contributed by atoms with Crippen molar-refractivity contribution in [2.24, 2.45) is 0 Å². The molecule has 0 amide bonds. The van der Waals surface area contributed by atoms with Gasteiger partial charge in [0, 0.05) is 4.32 Å². The molecule has 0 N–H and O–H groups in total. The summed E-state index contributed by atoms with van der Waals surface area (Å²) in [7, 11) is 0. The van der Waals surface area contributed by atoms with Crippen LogP contribution in [0.4, 0.5) is 0 Å². The first-order valence-electron chi connectivity index (χ1n) is 12.9. The third kappa shape index (κ3) is 12.9. The highest BCUT2D eigenvalue weighted by molar-refractivity contribution is 9.09. The Kier molecular flexibility index (Phi) is 16.0. The first-order chi connectivity index (χ1) is 14.1. The summed E-state index contributed by atoms with van der Waals surface area (Å²) in [6.07, 6.45) is 25.4. The molecule has 0 aromatic heterocycles. The minimum Gasteiger partial charge on any atom is -0.0804 e. The van der Waals surface area contributed by atoms with E-state index in [4.69, 9.17) is 0 Å². The van der Waals surface area contributed by atoms with Gasteiger partial charge in [-0.1, -0.05) is 150 Å². The van der Waals surface area contributed by atoms with E-state index in [0.29, 0.717) is 0 Å². The van der Waals surface area contributed by atoms with Crippen molar-refractivity contribution in [3.05, 3.63) is 35.4 Å². The lowest BCUT2D eigenvalue weighted by Crippen LogP contribution is -2.14. The molecule has 0 radical (unpaired) electrons. The van der Waals surface area contributed by atoms with E-state index in [9.17, 15) is 0 Å². The Labute approximate surface area is 191 Å². The summed E-state index contributed by atoms with van der Waals surface area (Å²) >= 11 is 3.93. The van der Waals surface area contributed by atoms with E-state index in [1.807, 2.05) is 0 Å². The zero-order valence-corrected chi connectivity index (χ0v) is 21.5. The van der Waals surface area contributed by atoms with Gasteiger partial charge in [-0.2, -0.15) is 0 Å². The zero-order valence-electron chi connectivity index (χ0n) is 19.9. The summed E-state index contributed by atoms with van der Waals surface area (Å²) in [5.74, 6) is 0. The van der Waals surface area contributed by atoms with E-state index in [0.717, 1.165) is 6.42 Å². The quantitative estimate of drug-likeness (QED) is 0.141. The fourth-order valence-corrected chi connectivity index (χ4v) is 4.69. The summed E-state index contributed by atoms with van der Waals surface area (Å²) in [6, 6.07) is 9.02. The number of rotatable bonds is 19. The van der Waals surface area contributed by atoms with Crippen LogP contribution in [0.3, 0.4) is 0 Å². The molecule has 0 aliphatic carbocycles. The number of benzene rings is 1. The Morgan fingerprint density at radius 1 is 0.621 bits per heavy atom. The molecule has 0 spiro atoms. The van der Waals surface area contributed by atoms with Crippen LogP contribution in [0.5, 0.6) is 0 Å². The van der Waals surface area contributed by atoms with Gasteiger partial charge in [-0.05, 0) is 37.3 Å². The van der Waals surface area contributed by atoms with Gasteiger partial charge >= 0.3 is 0 Å². The smallest absolute Gasteiger partial charge is 0.0478 e. The van der Waals surface area contributed by atoms with Gasteiger partial charge in [0.2, 0.25) is 0 Å². The zero-order chi connectivity index (χ0) is 21.2. The molecule has 0 saturated heterocycles. The number of aryl methyl sites for hydroxylation is 1. The van der Waals surface area contributed by atoms with Gasteiger partial charge < -0.3 is 0 Å². The largest absolute Gasteiger partial charge is 0.0804 e. The third-order valence-electron chi connectivity index (χ3n) is 6.54.